The molecule has 0 saturated heterocycles. The van der Waals surface area contributed by atoms with Gasteiger partial charge < -0.3 is 9.47 Å². The van der Waals surface area contributed by atoms with E-state index in [4.69, 9.17) is 37.7 Å². The van der Waals surface area contributed by atoms with Gasteiger partial charge in [-0.2, -0.15) is 0 Å². The Morgan fingerprint density at radius 1 is 0.953 bits per heavy atom. The minimum Gasteiger partial charge on any atom is -0.496 e. The van der Waals surface area contributed by atoms with Gasteiger partial charge in [-0.15, -0.1) is 0 Å². The van der Waals surface area contributed by atoms with Gasteiger partial charge in [0.2, 0.25) is 0 Å². The van der Waals surface area contributed by atoms with Gasteiger partial charge in [-0.1, -0.05) is 95.2 Å². The summed E-state index contributed by atoms with van der Waals surface area (Å²) in [5, 5.41) is 1.01. The number of fused-ring (bicyclic) bond motifs is 3. The van der Waals surface area contributed by atoms with Crippen molar-refractivity contribution in [3.8, 4) is 11.5 Å². The van der Waals surface area contributed by atoms with Crippen LogP contribution < -0.4 is 24.4 Å². The molecule has 43 heavy (non-hydrogen) atoms. The molecule has 0 radical (unpaired) electrons. The molecule has 1 aliphatic carbocycles. The second-order valence-corrected chi connectivity index (χ2v) is 12.3. The molecule has 5 nitrogen and oxygen atoms in total. The van der Waals surface area contributed by atoms with Crippen LogP contribution in [-0.2, 0) is 13.0 Å². The molecule has 0 bridgehead atoms. The molecule has 1 aliphatic heterocycles. The molecule has 8 heteroatoms. The smallest absolute Gasteiger partial charge is 0.271 e. The van der Waals surface area contributed by atoms with Gasteiger partial charge in [0.25, 0.3) is 5.56 Å². The van der Waals surface area contributed by atoms with Crippen molar-refractivity contribution >= 4 is 46.3 Å². The summed E-state index contributed by atoms with van der Waals surface area (Å²) in [6.07, 6.45) is 3.65. The van der Waals surface area contributed by atoms with E-state index in [0.29, 0.717) is 31.7 Å². The molecule has 1 atom stereocenters. The van der Waals surface area contributed by atoms with Gasteiger partial charge in [0, 0.05) is 11.1 Å². The maximum atomic E-state index is 14.1. The van der Waals surface area contributed by atoms with E-state index in [9.17, 15) is 4.79 Å². The molecule has 7 rings (SSSR count). The highest BCUT2D eigenvalue weighted by atomic mass is 35.5. The van der Waals surface area contributed by atoms with E-state index in [-0.39, 0.29) is 11.6 Å². The van der Waals surface area contributed by atoms with Crippen LogP contribution in [0.4, 0.5) is 0 Å². The normalized spacial score (nSPS) is 15.8. The number of ether oxygens (including phenoxy) is 2. The maximum absolute atomic E-state index is 14.1. The zero-order chi connectivity index (χ0) is 29.5. The molecule has 5 aromatic rings. The number of nitrogens with zero attached hydrogens (tertiary/aromatic N) is 2. The predicted octanol–water partition coefficient (Wildman–Crippen LogP) is 7.21. The number of aromatic nitrogens is 1. The van der Waals surface area contributed by atoms with E-state index < -0.39 is 0 Å². The highest BCUT2D eigenvalue weighted by molar-refractivity contribution is 7.07. The van der Waals surface area contributed by atoms with Crippen molar-refractivity contribution < 1.29 is 9.47 Å². The quantitative estimate of drug-likeness (QED) is 0.200. The molecule has 2 aliphatic rings. The molecule has 0 spiro atoms. The molecule has 2 heterocycles. The van der Waals surface area contributed by atoms with Gasteiger partial charge in [-0.05, 0) is 71.5 Å². The number of hydrogen-bond donors (Lipinski definition) is 0. The number of halogens is 2. The Balaban J connectivity index is 1.27. The number of benzene rings is 4. The maximum Gasteiger partial charge on any atom is 0.271 e. The van der Waals surface area contributed by atoms with Crippen molar-refractivity contribution in [1.29, 1.82) is 0 Å². The van der Waals surface area contributed by atoms with Crippen LogP contribution in [0.2, 0.25) is 10.0 Å². The zero-order valence-electron chi connectivity index (χ0n) is 23.2. The molecule has 4 aromatic carbocycles. The van der Waals surface area contributed by atoms with Gasteiger partial charge in [0.15, 0.2) is 4.80 Å². The van der Waals surface area contributed by atoms with Gasteiger partial charge in [0.1, 0.15) is 18.1 Å². The van der Waals surface area contributed by atoms with Gasteiger partial charge in [-0.3, -0.25) is 9.36 Å². The Hall–Kier alpha value is -4.10. The molecule has 0 unspecified atom stereocenters. The van der Waals surface area contributed by atoms with Gasteiger partial charge >= 0.3 is 0 Å². The highest BCUT2D eigenvalue weighted by Gasteiger charge is 2.33. The summed E-state index contributed by atoms with van der Waals surface area (Å²) in [7, 11) is 1.67. The van der Waals surface area contributed by atoms with Crippen molar-refractivity contribution in [3.05, 3.63) is 154 Å². The van der Waals surface area contributed by atoms with Gasteiger partial charge in [-0.25, -0.2) is 4.99 Å². The molecular weight excluding hydrogens is 599 g/mol. The van der Waals surface area contributed by atoms with Crippen LogP contribution in [0, 0.1) is 0 Å². The lowest BCUT2D eigenvalue weighted by molar-refractivity contribution is 0.306. The Morgan fingerprint density at radius 3 is 2.56 bits per heavy atom. The Morgan fingerprint density at radius 2 is 1.74 bits per heavy atom. The largest absolute Gasteiger partial charge is 0.496 e. The van der Waals surface area contributed by atoms with Crippen molar-refractivity contribution in [2.75, 3.05) is 7.11 Å². The van der Waals surface area contributed by atoms with Crippen LogP contribution in [0.5, 0.6) is 11.5 Å². The number of aryl methyl sites for hydroxylation is 1. The number of thiazole rings is 1. The predicted molar refractivity (Wildman–Crippen MR) is 173 cm³/mol. The Labute approximate surface area is 262 Å². The van der Waals surface area contributed by atoms with Crippen LogP contribution in [0.15, 0.2) is 106 Å². The van der Waals surface area contributed by atoms with Gasteiger partial charge in [0.05, 0.1) is 33.4 Å². The zero-order valence-corrected chi connectivity index (χ0v) is 25.5. The fourth-order valence-corrected chi connectivity index (χ4v) is 7.12. The summed E-state index contributed by atoms with van der Waals surface area (Å²) < 4.78 is 14.2. The fourth-order valence-electron chi connectivity index (χ4n) is 5.80. The average Bonchev–Trinajstić information content (AvgIpc) is 3.35. The lowest BCUT2D eigenvalue weighted by Crippen LogP contribution is -2.38. The molecule has 214 valence electrons. The number of para-hydroxylation sites is 1. The lowest BCUT2D eigenvalue weighted by Gasteiger charge is -2.31. The van der Waals surface area contributed by atoms with E-state index in [2.05, 4.69) is 24.3 Å². The summed E-state index contributed by atoms with van der Waals surface area (Å²) >= 11 is 13.6. The third-order valence-electron chi connectivity index (χ3n) is 7.87. The molecule has 1 aromatic heterocycles. The average molecular weight is 626 g/mol. The summed E-state index contributed by atoms with van der Waals surface area (Å²) in [4.78, 5) is 19.9. The van der Waals surface area contributed by atoms with Crippen LogP contribution in [0.25, 0.3) is 11.8 Å². The first-order valence-corrected chi connectivity index (χ1v) is 15.5. The first-order chi connectivity index (χ1) is 21.0. The molecular formula is C35H26Cl2N2O3S. The number of hydrogen-bond acceptors (Lipinski definition) is 5. The van der Waals surface area contributed by atoms with E-state index >= 15 is 0 Å². The second-order valence-electron chi connectivity index (χ2n) is 10.5. The number of allylic oxidation sites excluding steroid dienone is 1. The van der Waals surface area contributed by atoms with E-state index in [0.717, 1.165) is 52.1 Å². The van der Waals surface area contributed by atoms with Crippen LogP contribution in [0.3, 0.4) is 0 Å². The molecule has 0 amide bonds. The minimum absolute atomic E-state index is 0.0648. The molecule has 0 saturated carbocycles. The van der Waals surface area contributed by atoms with E-state index in [1.165, 1.54) is 16.9 Å². The third-order valence-corrected chi connectivity index (χ3v) is 9.60. The highest BCUT2D eigenvalue weighted by Crippen LogP contribution is 2.43. The summed E-state index contributed by atoms with van der Waals surface area (Å²) in [6, 6.07) is 29.2. The first-order valence-electron chi connectivity index (χ1n) is 13.9. The molecule has 0 N–H and O–H groups in total. The standard InChI is InChI=1S/C35H26Cl2N2O3S/c1-41-30-9-5-4-8-26(30)33-27-16-13-23-6-2-3-7-25(23)32(27)38-35-39(33)34(40)31(43-35)19-21-10-14-24(15-11-21)42-20-22-12-17-28(36)29(37)18-22/h2-12,14-15,17-19,33H,13,16,20H2,1H3/b31-19-/t33-/m1/s1. The summed E-state index contributed by atoms with van der Waals surface area (Å²) in [6.45, 7) is 0.367. The Bertz CT molecular complexity index is 2080. The van der Waals surface area contributed by atoms with Crippen LogP contribution in [0.1, 0.15) is 40.3 Å². The van der Waals surface area contributed by atoms with Crippen molar-refractivity contribution in [1.82, 2.24) is 4.57 Å². The van der Waals surface area contributed by atoms with E-state index in [1.807, 2.05) is 65.2 Å². The lowest BCUT2D eigenvalue weighted by atomic mass is 9.83. The topological polar surface area (TPSA) is 52.8 Å². The van der Waals surface area contributed by atoms with Crippen molar-refractivity contribution in [2.45, 2.75) is 25.5 Å². The number of methoxy groups -OCH3 is 1. The first kappa shape index (κ1) is 27.7. The van der Waals surface area contributed by atoms with Crippen LogP contribution >= 0.6 is 34.5 Å². The fraction of sp³-hybridized carbons (Fsp3) is 0.143. The second kappa shape index (κ2) is 11.5. The summed E-state index contributed by atoms with van der Waals surface area (Å²) in [5.41, 5.74) is 7.25. The monoisotopic (exact) mass is 624 g/mol. The minimum atomic E-state index is -0.296. The SMILES string of the molecule is COc1ccccc1[C@@H]1C2=C(N=c3s/c(=C\c4ccc(OCc5ccc(Cl)c(Cl)c5)cc4)c(=O)n31)c1ccccc1CC2. The van der Waals surface area contributed by atoms with Crippen LogP contribution in [-0.4, -0.2) is 11.7 Å². The Kier molecular flexibility index (Phi) is 7.43. The molecule has 0 fully saturated rings. The third kappa shape index (κ3) is 5.20. The number of rotatable bonds is 6. The summed E-state index contributed by atoms with van der Waals surface area (Å²) in [5.74, 6) is 1.47. The van der Waals surface area contributed by atoms with E-state index in [1.54, 1.807) is 19.2 Å². The van der Waals surface area contributed by atoms with Crippen molar-refractivity contribution in [2.24, 2.45) is 4.99 Å². The van der Waals surface area contributed by atoms with Crippen molar-refractivity contribution in [3.63, 3.8) is 0 Å².